The summed E-state index contributed by atoms with van der Waals surface area (Å²) in [4.78, 5) is 31.4. The number of methoxy groups -OCH3 is 1. The number of hydrogen-bond donors (Lipinski definition) is 0. The van der Waals surface area contributed by atoms with Gasteiger partial charge in [0.25, 0.3) is 0 Å². The number of sulfonamides is 1. The molecule has 2 aliphatic rings. The highest BCUT2D eigenvalue weighted by atomic mass is 32.2. The number of piperazine rings is 1. The number of benzene rings is 1. The van der Waals surface area contributed by atoms with Crippen molar-refractivity contribution in [1.82, 2.24) is 29.2 Å². The number of aryl methyl sites for hydroxylation is 2. The fourth-order valence-corrected chi connectivity index (χ4v) is 7.05. The van der Waals surface area contributed by atoms with E-state index in [1.165, 1.54) is 14.2 Å². The summed E-state index contributed by atoms with van der Waals surface area (Å²) in [6.45, 7) is 13.7. The van der Waals surface area contributed by atoms with E-state index in [1.807, 2.05) is 20.8 Å². The molecule has 0 aliphatic carbocycles. The molecule has 3 heterocycles. The zero-order chi connectivity index (χ0) is 31.5. The van der Waals surface area contributed by atoms with Crippen LogP contribution in [0, 0.1) is 19.8 Å². The van der Waals surface area contributed by atoms with Crippen LogP contribution in [0.5, 0.6) is 5.75 Å². The molecule has 0 spiro atoms. The standard InChI is InChI=1S/C29H44N6O7S/c1-20-16-23(40-7)17-21(2)25(20)43(38,39)32(6)19-24-30-31-26(41-24)27(36)34-14-12-33(13-15-34)18-22-8-10-35(11-9-22)28(37)42-29(3,4)5/h16-17,22H,8-15,18-19H2,1-7H3. The summed E-state index contributed by atoms with van der Waals surface area (Å²) in [5, 5.41) is 7.86. The number of carbonyl (C=O) groups is 2. The second-order valence-electron chi connectivity index (χ2n) is 12.4. The Balaban J connectivity index is 1.26. The first-order valence-electron chi connectivity index (χ1n) is 14.6. The summed E-state index contributed by atoms with van der Waals surface area (Å²) in [7, 11) is -0.898. The minimum Gasteiger partial charge on any atom is -0.497 e. The van der Waals surface area contributed by atoms with Gasteiger partial charge in [-0.3, -0.25) is 9.69 Å². The second-order valence-corrected chi connectivity index (χ2v) is 14.3. The molecule has 0 bridgehead atoms. The Morgan fingerprint density at radius 2 is 1.60 bits per heavy atom. The highest BCUT2D eigenvalue weighted by Gasteiger charge is 2.31. The highest BCUT2D eigenvalue weighted by Crippen LogP contribution is 2.28. The van der Waals surface area contributed by atoms with Gasteiger partial charge in [0.15, 0.2) is 0 Å². The lowest BCUT2D eigenvalue weighted by molar-refractivity contribution is 0.0160. The predicted octanol–water partition coefficient (Wildman–Crippen LogP) is 2.92. The maximum Gasteiger partial charge on any atom is 0.410 e. The molecule has 0 N–H and O–H groups in total. The Labute approximate surface area is 254 Å². The van der Waals surface area contributed by atoms with Gasteiger partial charge in [0.05, 0.1) is 18.6 Å². The van der Waals surface area contributed by atoms with Gasteiger partial charge in [-0.05, 0) is 76.6 Å². The first-order chi connectivity index (χ1) is 20.2. The van der Waals surface area contributed by atoms with Crippen molar-refractivity contribution in [2.75, 3.05) is 60.0 Å². The van der Waals surface area contributed by atoms with Crippen molar-refractivity contribution >= 4 is 22.0 Å². The number of piperidine rings is 1. The van der Waals surface area contributed by atoms with Crippen LogP contribution in [0.3, 0.4) is 0 Å². The molecule has 2 amide bonds. The second kappa shape index (κ2) is 13.2. The van der Waals surface area contributed by atoms with E-state index in [0.29, 0.717) is 49.0 Å². The average Bonchev–Trinajstić information content (AvgIpc) is 3.40. The van der Waals surface area contributed by atoms with Crippen LogP contribution >= 0.6 is 0 Å². The van der Waals surface area contributed by atoms with Crippen molar-refractivity contribution in [3.63, 3.8) is 0 Å². The van der Waals surface area contributed by atoms with E-state index in [1.54, 1.807) is 35.8 Å². The van der Waals surface area contributed by atoms with Crippen LogP contribution in [0.2, 0.25) is 0 Å². The Bertz CT molecular complexity index is 1380. The molecule has 1 aromatic heterocycles. The Kier molecular flexibility index (Phi) is 10.0. The first-order valence-corrected chi connectivity index (χ1v) is 16.1. The van der Waals surface area contributed by atoms with Gasteiger partial charge in [-0.25, -0.2) is 13.2 Å². The Morgan fingerprint density at radius 3 is 2.16 bits per heavy atom. The van der Waals surface area contributed by atoms with Gasteiger partial charge in [0.1, 0.15) is 11.4 Å². The number of aromatic nitrogens is 2. The molecule has 2 aromatic rings. The van der Waals surface area contributed by atoms with E-state index in [2.05, 4.69) is 15.1 Å². The maximum absolute atomic E-state index is 13.3. The summed E-state index contributed by atoms with van der Waals surface area (Å²) >= 11 is 0. The SMILES string of the molecule is COc1cc(C)c(S(=O)(=O)N(C)Cc2nnc(C(=O)N3CCN(CC4CCN(C(=O)OC(C)(C)C)CC4)CC3)o2)c(C)c1. The summed E-state index contributed by atoms with van der Waals surface area (Å²) < 4.78 is 44.1. The maximum atomic E-state index is 13.3. The quantitative estimate of drug-likeness (QED) is 0.433. The van der Waals surface area contributed by atoms with E-state index < -0.39 is 15.6 Å². The van der Waals surface area contributed by atoms with Crippen LogP contribution in [-0.2, 0) is 21.3 Å². The number of hydrogen-bond acceptors (Lipinski definition) is 10. The monoisotopic (exact) mass is 620 g/mol. The number of carbonyl (C=O) groups excluding carboxylic acids is 2. The van der Waals surface area contributed by atoms with Crippen molar-refractivity contribution in [1.29, 1.82) is 0 Å². The van der Waals surface area contributed by atoms with Crippen LogP contribution in [0.15, 0.2) is 21.4 Å². The van der Waals surface area contributed by atoms with Gasteiger partial charge in [-0.2, -0.15) is 4.31 Å². The van der Waals surface area contributed by atoms with Gasteiger partial charge < -0.3 is 23.7 Å². The van der Waals surface area contributed by atoms with Crippen molar-refractivity contribution in [2.24, 2.45) is 5.92 Å². The average molecular weight is 621 g/mol. The normalized spacial score (nSPS) is 17.4. The zero-order valence-corrected chi connectivity index (χ0v) is 27.1. The van der Waals surface area contributed by atoms with E-state index in [-0.39, 0.29) is 35.2 Å². The summed E-state index contributed by atoms with van der Waals surface area (Å²) in [6, 6.07) is 3.35. The highest BCUT2D eigenvalue weighted by molar-refractivity contribution is 7.89. The molecule has 0 atom stereocenters. The predicted molar refractivity (Wildman–Crippen MR) is 158 cm³/mol. The fraction of sp³-hybridized carbons (Fsp3) is 0.655. The zero-order valence-electron chi connectivity index (χ0n) is 26.3. The molecule has 2 aliphatic heterocycles. The number of likely N-dealkylation sites (tertiary alicyclic amines) is 1. The molecule has 13 nitrogen and oxygen atoms in total. The Morgan fingerprint density at radius 1 is 1.00 bits per heavy atom. The van der Waals surface area contributed by atoms with Crippen LogP contribution < -0.4 is 4.74 Å². The van der Waals surface area contributed by atoms with Crippen LogP contribution in [0.25, 0.3) is 0 Å². The third-order valence-corrected chi connectivity index (χ3v) is 9.90. The molecule has 238 valence electrons. The van der Waals surface area contributed by atoms with Crippen LogP contribution in [0.4, 0.5) is 4.79 Å². The molecule has 43 heavy (non-hydrogen) atoms. The molecule has 0 radical (unpaired) electrons. The number of amides is 2. The van der Waals surface area contributed by atoms with E-state index in [4.69, 9.17) is 13.9 Å². The van der Waals surface area contributed by atoms with E-state index >= 15 is 0 Å². The van der Waals surface area contributed by atoms with Crippen molar-refractivity contribution in [3.8, 4) is 5.75 Å². The molecule has 1 aromatic carbocycles. The smallest absolute Gasteiger partial charge is 0.410 e. The summed E-state index contributed by atoms with van der Waals surface area (Å²) in [5.74, 6) is 0.586. The minimum atomic E-state index is -3.86. The lowest BCUT2D eigenvalue weighted by Gasteiger charge is -2.38. The van der Waals surface area contributed by atoms with Gasteiger partial charge in [-0.15, -0.1) is 10.2 Å². The van der Waals surface area contributed by atoms with Crippen molar-refractivity contribution in [2.45, 2.75) is 64.5 Å². The Hall–Kier alpha value is -3.23. The molecule has 0 saturated carbocycles. The molecular formula is C29H44N6O7S. The van der Waals surface area contributed by atoms with Crippen LogP contribution in [-0.4, -0.2) is 115 Å². The number of ether oxygens (including phenoxy) is 2. The first kappa shape index (κ1) is 32.7. The summed E-state index contributed by atoms with van der Waals surface area (Å²) in [6.07, 6.45) is 1.59. The van der Waals surface area contributed by atoms with Crippen LogP contribution in [0.1, 0.15) is 61.3 Å². The van der Waals surface area contributed by atoms with Gasteiger partial charge in [0.2, 0.25) is 15.9 Å². The largest absolute Gasteiger partial charge is 0.497 e. The van der Waals surface area contributed by atoms with E-state index in [9.17, 15) is 18.0 Å². The third-order valence-electron chi connectivity index (χ3n) is 7.79. The number of rotatable bonds is 8. The molecule has 2 fully saturated rings. The number of nitrogens with zero attached hydrogens (tertiary/aromatic N) is 6. The third kappa shape index (κ3) is 8.03. The molecule has 2 saturated heterocycles. The van der Waals surface area contributed by atoms with Crippen molar-refractivity contribution in [3.05, 3.63) is 35.0 Å². The lowest BCUT2D eigenvalue weighted by atomic mass is 9.96. The fourth-order valence-electron chi connectivity index (χ4n) is 5.53. The summed E-state index contributed by atoms with van der Waals surface area (Å²) in [5.41, 5.74) is 0.632. The lowest BCUT2D eigenvalue weighted by Crippen LogP contribution is -2.51. The van der Waals surface area contributed by atoms with Crippen molar-refractivity contribution < 1.29 is 31.9 Å². The molecular weight excluding hydrogens is 576 g/mol. The molecule has 4 rings (SSSR count). The van der Waals surface area contributed by atoms with Gasteiger partial charge in [0, 0.05) is 52.9 Å². The minimum absolute atomic E-state index is 0.0367. The topological polar surface area (TPSA) is 139 Å². The molecule has 14 heteroatoms. The molecule has 0 unspecified atom stereocenters. The van der Waals surface area contributed by atoms with Gasteiger partial charge >= 0.3 is 17.9 Å². The van der Waals surface area contributed by atoms with Gasteiger partial charge in [-0.1, -0.05) is 0 Å². The van der Waals surface area contributed by atoms with E-state index in [0.717, 1.165) is 36.8 Å².